The Morgan fingerprint density at radius 2 is 1.96 bits per heavy atom. The predicted octanol–water partition coefficient (Wildman–Crippen LogP) is 2.56. The number of carbonyl (C=O) groups excluding carboxylic acids is 1. The van der Waals surface area contributed by atoms with Crippen molar-refractivity contribution in [1.29, 1.82) is 0 Å². The summed E-state index contributed by atoms with van der Waals surface area (Å²) in [6.45, 7) is 4.86. The number of anilines is 1. The Hall–Kier alpha value is -1.91. The fraction of sp³-hybridized carbons (Fsp3) is 0.421. The second kappa shape index (κ2) is 6.30. The van der Waals surface area contributed by atoms with Crippen LogP contribution in [0.25, 0.3) is 10.8 Å². The summed E-state index contributed by atoms with van der Waals surface area (Å²) >= 11 is 0. The van der Waals surface area contributed by atoms with Gasteiger partial charge in [0.1, 0.15) is 0 Å². The second-order valence-electron chi connectivity index (χ2n) is 6.64. The van der Waals surface area contributed by atoms with Crippen LogP contribution in [-0.4, -0.2) is 54.5 Å². The maximum atomic E-state index is 12.5. The lowest BCUT2D eigenvalue weighted by Crippen LogP contribution is -2.51. The highest BCUT2D eigenvalue weighted by Gasteiger charge is 2.31. The normalized spacial score (nSPS) is 22.2. The lowest BCUT2D eigenvalue weighted by molar-refractivity contribution is -0.117. The Kier molecular flexibility index (Phi) is 4.02. The van der Waals surface area contributed by atoms with Gasteiger partial charge in [-0.15, -0.1) is 0 Å². The molecule has 0 bridgehead atoms. The topological polar surface area (TPSA) is 35.6 Å². The molecule has 0 radical (unpaired) electrons. The van der Waals surface area contributed by atoms with Crippen molar-refractivity contribution in [1.82, 2.24) is 9.80 Å². The fourth-order valence-corrected chi connectivity index (χ4v) is 3.93. The minimum absolute atomic E-state index is 0.0906. The van der Waals surface area contributed by atoms with Gasteiger partial charge < -0.3 is 5.32 Å². The molecule has 4 nitrogen and oxygen atoms in total. The van der Waals surface area contributed by atoms with Crippen LogP contribution < -0.4 is 5.32 Å². The zero-order valence-electron chi connectivity index (χ0n) is 13.4. The number of hydrogen-bond acceptors (Lipinski definition) is 3. The summed E-state index contributed by atoms with van der Waals surface area (Å²) in [4.78, 5) is 17.3. The van der Waals surface area contributed by atoms with E-state index in [1.807, 2.05) is 24.3 Å². The van der Waals surface area contributed by atoms with Gasteiger partial charge in [0.25, 0.3) is 0 Å². The van der Waals surface area contributed by atoms with Crippen molar-refractivity contribution in [2.45, 2.75) is 18.9 Å². The first-order valence-corrected chi connectivity index (χ1v) is 8.53. The van der Waals surface area contributed by atoms with Crippen molar-refractivity contribution in [3.63, 3.8) is 0 Å². The van der Waals surface area contributed by atoms with Crippen LogP contribution in [0.3, 0.4) is 0 Å². The number of fused-ring (bicyclic) bond motifs is 2. The Labute approximate surface area is 137 Å². The highest BCUT2D eigenvalue weighted by Crippen LogP contribution is 2.24. The van der Waals surface area contributed by atoms with Crippen molar-refractivity contribution in [3.05, 3.63) is 42.5 Å². The Bertz CT molecular complexity index is 709. The molecule has 0 aromatic heterocycles. The molecule has 2 aromatic rings. The third-order valence-electron chi connectivity index (χ3n) is 5.10. The summed E-state index contributed by atoms with van der Waals surface area (Å²) in [5, 5.41) is 5.36. The fourth-order valence-electron chi connectivity index (χ4n) is 3.93. The van der Waals surface area contributed by atoms with Crippen LogP contribution in [0, 0.1) is 0 Å². The van der Waals surface area contributed by atoms with E-state index >= 15 is 0 Å². The Morgan fingerprint density at radius 1 is 1.09 bits per heavy atom. The molecule has 0 spiro atoms. The molecule has 1 unspecified atom stereocenters. The first-order chi connectivity index (χ1) is 11.3. The van der Waals surface area contributed by atoms with Crippen LogP contribution in [0.1, 0.15) is 12.8 Å². The molecular formula is C19H23N3O. The van der Waals surface area contributed by atoms with E-state index in [1.165, 1.54) is 19.4 Å². The second-order valence-corrected chi connectivity index (χ2v) is 6.64. The Morgan fingerprint density at radius 3 is 2.91 bits per heavy atom. The van der Waals surface area contributed by atoms with Gasteiger partial charge in [-0.25, -0.2) is 0 Å². The molecular weight excluding hydrogens is 286 g/mol. The van der Waals surface area contributed by atoms with Crippen molar-refractivity contribution in [2.24, 2.45) is 0 Å². The smallest absolute Gasteiger partial charge is 0.238 e. The van der Waals surface area contributed by atoms with Crippen LogP contribution in [-0.2, 0) is 4.79 Å². The zero-order valence-corrected chi connectivity index (χ0v) is 13.4. The highest BCUT2D eigenvalue weighted by atomic mass is 16.2. The third kappa shape index (κ3) is 3.09. The molecule has 0 saturated carbocycles. The van der Waals surface area contributed by atoms with Crippen molar-refractivity contribution >= 4 is 22.4 Å². The summed E-state index contributed by atoms with van der Waals surface area (Å²) in [5.41, 5.74) is 0.910. The van der Waals surface area contributed by atoms with Crippen LogP contribution in [0.2, 0.25) is 0 Å². The summed E-state index contributed by atoms with van der Waals surface area (Å²) in [6, 6.07) is 14.9. The first-order valence-electron chi connectivity index (χ1n) is 8.53. The molecule has 0 aliphatic carbocycles. The molecule has 2 aromatic carbocycles. The van der Waals surface area contributed by atoms with E-state index < -0.39 is 0 Å². The van der Waals surface area contributed by atoms with Gasteiger partial charge in [-0.05, 0) is 30.8 Å². The number of piperazine rings is 1. The number of nitrogens with zero attached hydrogens (tertiary/aromatic N) is 2. The molecule has 4 heteroatoms. The van der Waals surface area contributed by atoms with Crippen LogP contribution in [0.4, 0.5) is 5.69 Å². The van der Waals surface area contributed by atoms with E-state index in [1.54, 1.807) is 0 Å². The van der Waals surface area contributed by atoms with Gasteiger partial charge in [-0.3, -0.25) is 14.6 Å². The number of carbonyl (C=O) groups is 1. The molecule has 23 heavy (non-hydrogen) atoms. The summed E-state index contributed by atoms with van der Waals surface area (Å²) in [6.07, 6.45) is 2.59. The van der Waals surface area contributed by atoms with E-state index in [9.17, 15) is 4.79 Å². The van der Waals surface area contributed by atoms with Gasteiger partial charge >= 0.3 is 0 Å². The monoisotopic (exact) mass is 309 g/mol. The molecule has 1 atom stereocenters. The van der Waals surface area contributed by atoms with E-state index in [0.29, 0.717) is 12.6 Å². The molecule has 2 aliphatic heterocycles. The standard InChI is InChI=1S/C19H23N3O/c23-19(14-21-11-12-22-10-4-7-16(22)13-21)20-18-9-3-6-15-5-1-2-8-17(15)18/h1-3,5-6,8-9,16H,4,7,10-14H2,(H,20,23). The molecule has 2 heterocycles. The molecule has 2 saturated heterocycles. The van der Waals surface area contributed by atoms with Crippen molar-refractivity contribution < 1.29 is 4.79 Å². The molecule has 1 amide bonds. The number of amides is 1. The lowest BCUT2D eigenvalue weighted by Gasteiger charge is -2.37. The van der Waals surface area contributed by atoms with E-state index in [2.05, 4.69) is 33.3 Å². The summed E-state index contributed by atoms with van der Waals surface area (Å²) in [7, 11) is 0. The van der Waals surface area contributed by atoms with Crippen LogP contribution >= 0.6 is 0 Å². The summed E-state index contributed by atoms with van der Waals surface area (Å²) in [5.74, 6) is 0.0906. The van der Waals surface area contributed by atoms with Gasteiger partial charge in [-0.2, -0.15) is 0 Å². The molecule has 2 fully saturated rings. The maximum Gasteiger partial charge on any atom is 0.238 e. The number of rotatable bonds is 3. The Balaban J connectivity index is 1.41. The minimum Gasteiger partial charge on any atom is -0.324 e. The van der Waals surface area contributed by atoms with Crippen molar-refractivity contribution in [2.75, 3.05) is 38.0 Å². The molecule has 2 aliphatic rings. The third-order valence-corrected chi connectivity index (χ3v) is 5.10. The van der Waals surface area contributed by atoms with Gasteiger partial charge in [0, 0.05) is 36.7 Å². The maximum absolute atomic E-state index is 12.5. The van der Waals surface area contributed by atoms with Crippen LogP contribution in [0.5, 0.6) is 0 Å². The average molecular weight is 309 g/mol. The minimum atomic E-state index is 0.0906. The lowest BCUT2D eigenvalue weighted by atomic mass is 10.1. The average Bonchev–Trinajstić information content (AvgIpc) is 3.03. The van der Waals surface area contributed by atoms with Gasteiger partial charge in [0.05, 0.1) is 6.54 Å². The largest absolute Gasteiger partial charge is 0.324 e. The van der Waals surface area contributed by atoms with Gasteiger partial charge in [-0.1, -0.05) is 36.4 Å². The number of nitrogens with one attached hydrogen (secondary N) is 1. The number of hydrogen-bond donors (Lipinski definition) is 1. The van der Waals surface area contributed by atoms with Crippen LogP contribution in [0.15, 0.2) is 42.5 Å². The summed E-state index contributed by atoms with van der Waals surface area (Å²) < 4.78 is 0. The molecule has 120 valence electrons. The predicted molar refractivity (Wildman–Crippen MR) is 93.6 cm³/mol. The van der Waals surface area contributed by atoms with E-state index in [0.717, 1.165) is 36.1 Å². The zero-order chi connectivity index (χ0) is 15.6. The SMILES string of the molecule is O=C(CN1CCN2CCCC2C1)Nc1cccc2ccccc12. The van der Waals surface area contributed by atoms with E-state index in [4.69, 9.17) is 0 Å². The van der Waals surface area contributed by atoms with Crippen molar-refractivity contribution in [3.8, 4) is 0 Å². The molecule has 4 rings (SSSR count). The first kappa shape index (κ1) is 14.7. The van der Waals surface area contributed by atoms with E-state index in [-0.39, 0.29) is 5.91 Å². The quantitative estimate of drug-likeness (QED) is 0.946. The van der Waals surface area contributed by atoms with Gasteiger partial charge in [0.15, 0.2) is 0 Å². The highest BCUT2D eigenvalue weighted by molar-refractivity contribution is 6.02. The van der Waals surface area contributed by atoms with Gasteiger partial charge in [0.2, 0.25) is 5.91 Å². The number of benzene rings is 2. The molecule has 1 N–H and O–H groups in total.